The van der Waals surface area contributed by atoms with Crippen molar-refractivity contribution < 1.29 is 9.59 Å². The fraction of sp³-hybridized carbons (Fsp3) is 0.125. The molecule has 0 radical (unpaired) electrons. The number of para-hydroxylation sites is 1. The van der Waals surface area contributed by atoms with E-state index in [-0.39, 0.29) is 11.6 Å². The van der Waals surface area contributed by atoms with Crippen molar-refractivity contribution in [3.05, 3.63) is 65.7 Å². The minimum absolute atomic E-state index is 0.288. The lowest BCUT2D eigenvalue weighted by molar-refractivity contribution is 0.100. The summed E-state index contributed by atoms with van der Waals surface area (Å²) >= 11 is 0. The molecule has 2 aromatic rings. The van der Waals surface area contributed by atoms with Gasteiger partial charge in [0.15, 0.2) is 0 Å². The Hall–Kier alpha value is -2.82. The topological polar surface area (TPSA) is 84.2 Å². The highest BCUT2D eigenvalue weighted by molar-refractivity contribution is 6.02. The lowest BCUT2D eigenvalue weighted by Gasteiger charge is -2.10. The van der Waals surface area contributed by atoms with E-state index in [2.05, 4.69) is 10.6 Å². The molecule has 0 saturated carbocycles. The number of urea groups is 1. The lowest BCUT2D eigenvalue weighted by atomic mass is 10.1. The van der Waals surface area contributed by atoms with Crippen LogP contribution in [0.5, 0.6) is 0 Å². The molecule has 0 heterocycles. The van der Waals surface area contributed by atoms with Crippen LogP contribution in [-0.4, -0.2) is 18.5 Å². The number of nitrogens with one attached hydrogen (secondary N) is 2. The Balaban J connectivity index is 1.86. The van der Waals surface area contributed by atoms with Crippen molar-refractivity contribution in [2.24, 2.45) is 5.73 Å². The zero-order chi connectivity index (χ0) is 15.1. The van der Waals surface area contributed by atoms with Gasteiger partial charge in [0.25, 0.3) is 5.91 Å². The third kappa shape index (κ3) is 4.35. The van der Waals surface area contributed by atoms with E-state index in [4.69, 9.17) is 5.73 Å². The van der Waals surface area contributed by atoms with Gasteiger partial charge in [-0.05, 0) is 24.1 Å². The van der Waals surface area contributed by atoms with Crippen LogP contribution in [0.3, 0.4) is 0 Å². The number of hydrogen-bond donors (Lipinski definition) is 3. The number of primary amides is 1. The summed E-state index contributed by atoms with van der Waals surface area (Å²) in [7, 11) is 0. The molecular weight excluding hydrogens is 266 g/mol. The van der Waals surface area contributed by atoms with Gasteiger partial charge in [-0.15, -0.1) is 0 Å². The highest BCUT2D eigenvalue weighted by Gasteiger charge is 2.09. The van der Waals surface area contributed by atoms with Crippen molar-refractivity contribution in [1.29, 1.82) is 0 Å². The van der Waals surface area contributed by atoms with Gasteiger partial charge in [-0.3, -0.25) is 4.79 Å². The van der Waals surface area contributed by atoms with Crippen LogP contribution in [0.4, 0.5) is 10.5 Å². The summed E-state index contributed by atoms with van der Waals surface area (Å²) in [4.78, 5) is 23.1. The van der Waals surface area contributed by atoms with Gasteiger partial charge in [-0.1, -0.05) is 42.5 Å². The zero-order valence-corrected chi connectivity index (χ0v) is 11.5. The van der Waals surface area contributed by atoms with E-state index in [1.165, 1.54) is 0 Å². The number of hydrogen-bond acceptors (Lipinski definition) is 2. The standard InChI is InChI=1S/C16H17N3O2/c17-15(20)13-8-4-5-9-14(13)19-16(21)18-11-10-12-6-2-1-3-7-12/h1-9H,10-11H2,(H2,17,20)(H2,18,19,21). The third-order valence-electron chi connectivity index (χ3n) is 2.98. The predicted octanol–water partition coefficient (Wildman–Crippen LogP) is 2.15. The molecule has 0 spiro atoms. The van der Waals surface area contributed by atoms with Crippen LogP contribution in [0.1, 0.15) is 15.9 Å². The monoisotopic (exact) mass is 283 g/mol. The summed E-state index contributed by atoms with van der Waals surface area (Å²) in [5.74, 6) is -0.574. The molecule has 5 heteroatoms. The molecule has 0 aromatic heterocycles. The molecule has 21 heavy (non-hydrogen) atoms. The number of rotatable bonds is 5. The van der Waals surface area contributed by atoms with Crippen LogP contribution in [-0.2, 0) is 6.42 Å². The summed E-state index contributed by atoms with van der Waals surface area (Å²) in [6.45, 7) is 0.509. The van der Waals surface area contributed by atoms with E-state index in [9.17, 15) is 9.59 Å². The fourth-order valence-electron chi connectivity index (χ4n) is 1.94. The van der Waals surface area contributed by atoms with E-state index >= 15 is 0 Å². The molecule has 4 N–H and O–H groups in total. The predicted molar refractivity (Wildman–Crippen MR) is 82.1 cm³/mol. The Bertz CT molecular complexity index is 626. The number of benzene rings is 2. The maximum Gasteiger partial charge on any atom is 0.319 e. The molecule has 0 unspecified atom stereocenters. The smallest absolute Gasteiger partial charge is 0.319 e. The van der Waals surface area contributed by atoms with Crippen molar-refractivity contribution in [3.63, 3.8) is 0 Å². The van der Waals surface area contributed by atoms with Crippen LogP contribution in [0.2, 0.25) is 0 Å². The Morgan fingerprint density at radius 2 is 1.62 bits per heavy atom. The third-order valence-corrected chi connectivity index (χ3v) is 2.98. The first-order chi connectivity index (χ1) is 10.2. The largest absolute Gasteiger partial charge is 0.366 e. The average Bonchev–Trinajstić information content (AvgIpc) is 2.48. The van der Waals surface area contributed by atoms with Crippen molar-refractivity contribution in [2.75, 3.05) is 11.9 Å². The molecule has 0 aliphatic heterocycles. The minimum Gasteiger partial charge on any atom is -0.366 e. The van der Waals surface area contributed by atoms with Crippen LogP contribution in [0.25, 0.3) is 0 Å². The van der Waals surface area contributed by atoms with Crippen molar-refractivity contribution in [1.82, 2.24) is 5.32 Å². The molecule has 108 valence electrons. The Kier molecular flexibility index (Phi) is 4.93. The summed E-state index contributed by atoms with van der Waals surface area (Å²) < 4.78 is 0. The number of nitrogens with two attached hydrogens (primary N) is 1. The first kappa shape index (κ1) is 14.6. The van der Waals surface area contributed by atoms with Crippen LogP contribution >= 0.6 is 0 Å². The first-order valence-corrected chi connectivity index (χ1v) is 6.64. The van der Waals surface area contributed by atoms with Crippen LogP contribution in [0.15, 0.2) is 54.6 Å². The Labute approximate surface area is 123 Å². The Morgan fingerprint density at radius 3 is 2.33 bits per heavy atom. The van der Waals surface area contributed by atoms with Crippen molar-refractivity contribution in [2.45, 2.75) is 6.42 Å². The van der Waals surface area contributed by atoms with Gasteiger partial charge in [0, 0.05) is 6.54 Å². The number of amides is 3. The fourth-order valence-corrected chi connectivity index (χ4v) is 1.94. The van der Waals surface area contributed by atoms with Crippen LogP contribution in [0, 0.1) is 0 Å². The molecule has 0 atom stereocenters. The molecule has 0 aliphatic rings. The highest BCUT2D eigenvalue weighted by Crippen LogP contribution is 2.13. The molecule has 0 fully saturated rings. The molecule has 0 saturated heterocycles. The van der Waals surface area contributed by atoms with Gasteiger partial charge < -0.3 is 16.4 Å². The van der Waals surface area contributed by atoms with E-state index in [0.29, 0.717) is 12.2 Å². The number of carbonyl (C=O) groups is 2. The van der Waals surface area contributed by atoms with E-state index in [0.717, 1.165) is 12.0 Å². The Morgan fingerprint density at radius 1 is 0.952 bits per heavy atom. The van der Waals surface area contributed by atoms with Crippen molar-refractivity contribution in [3.8, 4) is 0 Å². The second-order valence-corrected chi connectivity index (χ2v) is 4.53. The summed E-state index contributed by atoms with van der Waals surface area (Å²) in [5, 5.41) is 5.37. The second-order valence-electron chi connectivity index (χ2n) is 4.53. The van der Waals surface area contributed by atoms with Crippen molar-refractivity contribution >= 4 is 17.6 Å². The average molecular weight is 283 g/mol. The molecule has 5 nitrogen and oxygen atoms in total. The first-order valence-electron chi connectivity index (χ1n) is 6.64. The van der Waals surface area contributed by atoms with E-state index in [1.54, 1.807) is 24.3 Å². The number of anilines is 1. The van der Waals surface area contributed by atoms with Gasteiger partial charge in [0.1, 0.15) is 0 Å². The number of carbonyl (C=O) groups excluding carboxylic acids is 2. The summed E-state index contributed by atoms with van der Waals surface area (Å²) in [6, 6.07) is 16.1. The maximum absolute atomic E-state index is 11.8. The normalized spacial score (nSPS) is 9.90. The SMILES string of the molecule is NC(=O)c1ccccc1NC(=O)NCCc1ccccc1. The zero-order valence-electron chi connectivity index (χ0n) is 11.5. The quantitative estimate of drug-likeness (QED) is 0.785. The van der Waals surface area contributed by atoms with E-state index in [1.807, 2.05) is 30.3 Å². The molecular formula is C16H17N3O2. The minimum atomic E-state index is -0.574. The lowest BCUT2D eigenvalue weighted by Crippen LogP contribution is -2.31. The summed E-state index contributed by atoms with van der Waals surface area (Å²) in [6.07, 6.45) is 0.742. The molecule has 0 bridgehead atoms. The molecule has 2 rings (SSSR count). The van der Waals surface area contributed by atoms with Gasteiger partial charge >= 0.3 is 6.03 Å². The molecule has 3 amide bonds. The van der Waals surface area contributed by atoms with Gasteiger partial charge in [0.05, 0.1) is 11.3 Å². The van der Waals surface area contributed by atoms with Crippen LogP contribution < -0.4 is 16.4 Å². The molecule has 2 aromatic carbocycles. The maximum atomic E-state index is 11.8. The summed E-state index contributed by atoms with van der Waals surface area (Å²) in [5.41, 5.74) is 7.10. The van der Waals surface area contributed by atoms with Gasteiger partial charge in [-0.2, -0.15) is 0 Å². The second kappa shape index (κ2) is 7.09. The molecule has 0 aliphatic carbocycles. The van der Waals surface area contributed by atoms with Gasteiger partial charge in [-0.25, -0.2) is 4.79 Å². The highest BCUT2D eigenvalue weighted by atomic mass is 16.2. The van der Waals surface area contributed by atoms with Gasteiger partial charge in [0.2, 0.25) is 0 Å². The van der Waals surface area contributed by atoms with E-state index < -0.39 is 5.91 Å².